The monoisotopic (exact) mass is 271 g/mol. The summed E-state index contributed by atoms with van der Waals surface area (Å²) >= 11 is 1.65. The number of benzene rings is 1. The lowest BCUT2D eigenvalue weighted by Crippen LogP contribution is -2.16. The summed E-state index contributed by atoms with van der Waals surface area (Å²) < 4.78 is 2.05. The van der Waals surface area contributed by atoms with Gasteiger partial charge in [-0.1, -0.05) is 18.2 Å². The van der Waals surface area contributed by atoms with Crippen LogP contribution in [0.25, 0.3) is 4.96 Å². The summed E-state index contributed by atoms with van der Waals surface area (Å²) in [7, 11) is 0. The zero-order valence-corrected chi connectivity index (χ0v) is 11.9. The largest absolute Gasteiger partial charge is 0.324 e. The molecule has 1 atom stereocenters. The SMILES string of the molecule is Cc1cccc(C)c1C(N)Cc1cn2ccsc2n1. The number of nitrogens with zero attached hydrogens (tertiary/aromatic N) is 2. The third kappa shape index (κ3) is 2.29. The fourth-order valence-corrected chi connectivity index (χ4v) is 3.33. The number of nitrogens with two attached hydrogens (primary N) is 1. The second kappa shape index (κ2) is 4.79. The number of thiazole rings is 1. The Labute approximate surface area is 116 Å². The Hall–Kier alpha value is -1.65. The molecule has 2 aromatic heterocycles. The molecule has 4 heteroatoms. The number of hydrogen-bond donors (Lipinski definition) is 1. The van der Waals surface area contributed by atoms with Gasteiger partial charge in [0.05, 0.1) is 5.69 Å². The molecule has 0 saturated heterocycles. The summed E-state index contributed by atoms with van der Waals surface area (Å²) in [4.78, 5) is 5.63. The van der Waals surface area contributed by atoms with Gasteiger partial charge < -0.3 is 5.73 Å². The standard InChI is InChI=1S/C15H17N3S/c1-10-4-3-5-11(2)14(10)13(16)8-12-9-18-6-7-19-15(18)17-12/h3-7,9,13H,8,16H2,1-2H3. The molecule has 3 aromatic rings. The van der Waals surface area contributed by atoms with Crippen LogP contribution in [0.4, 0.5) is 0 Å². The smallest absolute Gasteiger partial charge is 0.193 e. The maximum Gasteiger partial charge on any atom is 0.193 e. The van der Waals surface area contributed by atoms with Crippen LogP contribution in [0, 0.1) is 13.8 Å². The molecule has 0 saturated carbocycles. The lowest BCUT2D eigenvalue weighted by Gasteiger charge is -2.16. The topological polar surface area (TPSA) is 43.3 Å². The molecule has 3 rings (SSSR count). The molecule has 19 heavy (non-hydrogen) atoms. The van der Waals surface area contributed by atoms with Crippen molar-refractivity contribution in [2.75, 3.05) is 0 Å². The minimum Gasteiger partial charge on any atom is -0.324 e. The van der Waals surface area contributed by atoms with E-state index in [2.05, 4.69) is 47.6 Å². The number of aromatic nitrogens is 2. The Kier molecular flexibility index (Phi) is 3.12. The van der Waals surface area contributed by atoms with Crippen LogP contribution in [-0.4, -0.2) is 9.38 Å². The van der Waals surface area contributed by atoms with Gasteiger partial charge in [-0.25, -0.2) is 4.98 Å². The third-order valence-electron chi connectivity index (χ3n) is 3.49. The van der Waals surface area contributed by atoms with Gasteiger partial charge in [-0.05, 0) is 30.5 Å². The van der Waals surface area contributed by atoms with Crippen LogP contribution in [0.5, 0.6) is 0 Å². The van der Waals surface area contributed by atoms with Gasteiger partial charge in [0.1, 0.15) is 0 Å². The predicted molar refractivity (Wildman–Crippen MR) is 79.6 cm³/mol. The molecule has 0 fully saturated rings. The Morgan fingerprint density at radius 3 is 2.74 bits per heavy atom. The molecule has 0 aliphatic heterocycles. The lowest BCUT2D eigenvalue weighted by atomic mass is 9.94. The first-order valence-electron chi connectivity index (χ1n) is 6.38. The average Bonchev–Trinajstić information content (AvgIpc) is 2.89. The highest BCUT2D eigenvalue weighted by molar-refractivity contribution is 7.15. The fraction of sp³-hybridized carbons (Fsp3) is 0.267. The average molecular weight is 271 g/mol. The molecule has 1 aromatic carbocycles. The lowest BCUT2D eigenvalue weighted by molar-refractivity contribution is 0.700. The van der Waals surface area contributed by atoms with Crippen molar-refractivity contribution in [3.8, 4) is 0 Å². The summed E-state index contributed by atoms with van der Waals surface area (Å²) in [6.45, 7) is 4.24. The molecular weight excluding hydrogens is 254 g/mol. The fourth-order valence-electron chi connectivity index (χ4n) is 2.61. The first-order valence-corrected chi connectivity index (χ1v) is 7.26. The summed E-state index contributed by atoms with van der Waals surface area (Å²) in [6.07, 6.45) is 4.88. The molecule has 0 radical (unpaired) electrons. The first kappa shape index (κ1) is 12.4. The highest BCUT2D eigenvalue weighted by Gasteiger charge is 2.14. The van der Waals surface area contributed by atoms with Crippen LogP contribution in [0.1, 0.15) is 28.4 Å². The van der Waals surface area contributed by atoms with Crippen LogP contribution >= 0.6 is 11.3 Å². The molecule has 98 valence electrons. The Morgan fingerprint density at radius 1 is 1.32 bits per heavy atom. The van der Waals surface area contributed by atoms with E-state index in [9.17, 15) is 0 Å². The Morgan fingerprint density at radius 2 is 2.05 bits per heavy atom. The van der Waals surface area contributed by atoms with E-state index in [0.29, 0.717) is 0 Å². The summed E-state index contributed by atoms with van der Waals surface area (Å²) in [5, 5.41) is 2.04. The van der Waals surface area contributed by atoms with E-state index in [1.54, 1.807) is 11.3 Å². The third-order valence-corrected chi connectivity index (χ3v) is 4.26. The van der Waals surface area contributed by atoms with Crippen molar-refractivity contribution in [2.45, 2.75) is 26.3 Å². The second-order valence-electron chi connectivity index (χ2n) is 4.94. The summed E-state index contributed by atoms with van der Waals surface area (Å²) in [6, 6.07) is 6.32. The van der Waals surface area contributed by atoms with Gasteiger partial charge in [0.25, 0.3) is 0 Å². The minimum atomic E-state index is 0.00538. The van der Waals surface area contributed by atoms with E-state index in [0.717, 1.165) is 17.1 Å². The number of rotatable bonds is 3. The van der Waals surface area contributed by atoms with E-state index in [4.69, 9.17) is 5.73 Å². The van der Waals surface area contributed by atoms with Crippen molar-refractivity contribution in [2.24, 2.45) is 5.73 Å². The molecular formula is C15H17N3S. The van der Waals surface area contributed by atoms with Gasteiger partial charge in [0, 0.05) is 30.2 Å². The quantitative estimate of drug-likeness (QED) is 0.794. The maximum atomic E-state index is 6.37. The van der Waals surface area contributed by atoms with E-state index in [-0.39, 0.29) is 6.04 Å². The number of aryl methyl sites for hydroxylation is 2. The predicted octanol–water partition coefficient (Wildman–Crippen LogP) is 3.26. The van der Waals surface area contributed by atoms with Gasteiger partial charge in [0.2, 0.25) is 0 Å². The van der Waals surface area contributed by atoms with Gasteiger partial charge in [-0.15, -0.1) is 11.3 Å². The zero-order valence-electron chi connectivity index (χ0n) is 11.1. The van der Waals surface area contributed by atoms with E-state index >= 15 is 0 Å². The van der Waals surface area contributed by atoms with Crippen molar-refractivity contribution < 1.29 is 0 Å². The van der Waals surface area contributed by atoms with Crippen LogP contribution in [0.2, 0.25) is 0 Å². The zero-order chi connectivity index (χ0) is 13.4. The number of fused-ring (bicyclic) bond motifs is 1. The van der Waals surface area contributed by atoms with E-state index < -0.39 is 0 Å². The van der Waals surface area contributed by atoms with Crippen LogP contribution in [0.15, 0.2) is 36.0 Å². The van der Waals surface area contributed by atoms with Crippen molar-refractivity contribution in [1.82, 2.24) is 9.38 Å². The van der Waals surface area contributed by atoms with Crippen LogP contribution in [-0.2, 0) is 6.42 Å². The first-order chi connectivity index (χ1) is 9.15. The molecule has 3 nitrogen and oxygen atoms in total. The molecule has 2 heterocycles. The van der Waals surface area contributed by atoms with Crippen molar-refractivity contribution >= 4 is 16.3 Å². The molecule has 0 aliphatic carbocycles. The van der Waals surface area contributed by atoms with Crippen LogP contribution < -0.4 is 5.73 Å². The van der Waals surface area contributed by atoms with E-state index in [1.807, 2.05) is 11.6 Å². The molecule has 0 spiro atoms. The Balaban J connectivity index is 1.88. The molecule has 0 aliphatic rings. The number of imidazole rings is 1. The van der Waals surface area contributed by atoms with Gasteiger partial charge in [-0.3, -0.25) is 4.40 Å². The van der Waals surface area contributed by atoms with E-state index in [1.165, 1.54) is 16.7 Å². The van der Waals surface area contributed by atoms with Gasteiger partial charge in [-0.2, -0.15) is 0 Å². The number of hydrogen-bond acceptors (Lipinski definition) is 3. The van der Waals surface area contributed by atoms with Crippen molar-refractivity contribution in [3.05, 3.63) is 58.4 Å². The molecule has 2 N–H and O–H groups in total. The summed E-state index contributed by atoms with van der Waals surface area (Å²) in [5.74, 6) is 0. The normalized spacial score (nSPS) is 13.0. The highest BCUT2D eigenvalue weighted by Crippen LogP contribution is 2.23. The molecule has 0 amide bonds. The second-order valence-corrected chi connectivity index (χ2v) is 5.81. The van der Waals surface area contributed by atoms with Crippen molar-refractivity contribution in [3.63, 3.8) is 0 Å². The molecule has 0 bridgehead atoms. The minimum absolute atomic E-state index is 0.00538. The van der Waals surface area contributed by atoms with Crippen molar-refractivity contribution in [1.29, 1.82) is 0 Å². The van der Waals surface area contributed by atoms with Gasteiger partial charge >= 0.3 is 0 Å². The Bertz CT molecular complexity index is 662. The van der Waals surface area contributed by atoms with Gasteiger partial charge in [0.15, 0.2) is 4.96 Å². The maximum absolute atomic E-state index is 6.37. The highest BCUT2D eigenvalue weighted by atomic mass is 32.1. The summed E-state index contributed by atoms with van der Waals surface area (Å²) in [5.41, 5.74) is 11.2. The van der Waals surface area contributed by atoms with Crippen LogP contribution in [0.3, 0.4) is 0 Å². The molecule has 1 unspecified atom stereocenters.